The van der Waals surface area contributed by atoms with Crippen LogP contribution in [0.15, 0.2) is 78.9 Å². The maximum absolute atomic E-state index is 12.9. The maximum Gasteiger partial charge on any atom is 0.295 e. The van der Waals surface area contributed by atoms with E-state index in [1.54, 1.807) is 22.9 Å². The van der Waals surface area contributed by atoms with Gasteiger partial charge >= 0.3 is 0 Å². The van der Waals surface area contributed by atoms with Gasteiger partial charge in [-0.2, -0.15) is 0 Å². The molecule has 0 bridgehead atoms. The molecule has 0 aliphatic carbocycles. The zero-order chi connectivity index (χ0) is 20.2. The molecule has 0 atom stereocenters. The summed E-state index contributed by atoms with van der Waals surface area (Å²) < 4.78 is 6.94. The second-order valence-electron chi connectivity index (χ2n) is 6.17. The Morgan fingerprint density at radius 1 is 1.00 bits per heavy atom. The predicted molar refractivity (Wildman–Crippen MR) is 113 cm³/mol. The van der Waals surface area contributed by atoms with Crippen LogP contribution in [0.5, 0.6) is 5.75 Å². The monoisotopic (exact) mass is 404 g/mol. The second-order valence-corrected chi connectivity index (χ2v) is 6.61. The van der Waals surface area contributed by atoms with Crippen molar-refractivity contribution in [2.75, 3.05) is 12.4 Å². The Bertz CT molecular complexity index is 1090. The third-order valence-corrected chi connectivity index (χ3v) is 4.49. The fourth-order valence-corrected chi connectivity index (χ4v) is 3.06. The highest BCUT2D eigenvalue weighted by atomic mass is 35.5. The molecule has 4 aromatic rings. The molecular weight excluding hydrogens is 388 g/mol. The molecule has 1 heterocycles. The Morgan fingerprint density at radius 2 is 1.69 bits per heavy atom. The van der Waals surface area contributed by atoms with Crippen LogP contribution in [-0.2, 0) is 0 Å². The molecule has 1 amide bonds. The van der Waals surface area contributed by atoms with Crippen LogP contribution < -0.4 is 10.1 Å². The molecule has 0 aliphatic heterocycles. The van der Waals surface area contributed by atoms with Crippen molar-refractivity contribution in [3.8, 4) is 22.8 Å². The van der Waals surface area contributed by atoms with E-state index in [0.717, 1.165) is 11.3 Å². The van der Waals surface area contributed by atoms with E-state index in [-0.39, 0.29) is 5.82 Å². The average Bonchev–Trinajstić information content (AvgIpc) is 3.21. The lowest BCUT2D eigenvalue weighted by Gasteiger charge is -2.09. The normalized spacial score (nSPS) is 10.6. The van der Waals surface area contributed by atoms with E-state index in [0.29, 0.717) is 22.3 Å². The zero-order valence-electron chi connectivity index (χ0n) is 15.5. The lowest BCUT2D eigenvalue weighted by atomic mass is 10.2. The molecular formula is C22H17ClN4O2. The summed E-state index contributed by atoms with van der Waals surface area (Å²) in [6, 6.07) is 24.1. The summed E-state index contributed by atoms with van der Waals surface area (Å²) in [6.45, 7) is 0. The molecule has 0 fully saturated rings. The van der Waals surface area contributed by atoms with E-state index in [1.807, 2.05) is 60.7 Å². The van der Waals surface area contributed by atoms with Gasteiger partial charge in [0.1, 0.15) is 5.75 Å². The lowest BCUT2D eigenvalue weighted by molar-refractivity contribution is 0.101. The van der Waals surface area contributed by atoms with Crippen LogP contribution >= 0.6 is 11.6 Å². The van der Waals surface area contributed by atoms with Crippen molar-refractivity contribution in [2.24, 2.45) is 0 Å². The number of para-hydroxylation sites is 1. The number of rotatable bonds is 5. The van der Waals surface area contributed by atoms with E-state index in [4.69, 9.17) is 16.3 Å². The summed E-state index contributed by atoms with van der Waals surface area (Å²) in [5.74, 6) is 0.640. The van der Waals surface area contributed by atoms with Gasteiger partial charge in [-0.3, -0.25) is 4.79 Å². The number of nitrogens with one attached hydrogen (secondary N) is 1. The lowest BCUT2D eigenvalue weighted by Crippen LogP contribution is -2.15. The Hall–Kier alpha value is -3.64. The number of carbonyl (C=O) groups is 1. The fourth-order valence-electron chi connectivity index (χ4n) is 2.89. The van der Waals surface area contributed by atoms with Crippen LogP contribution in [0, 0.1) is 0 Å². The number of halogens is 1. The van der Waals surface area contributed by atoms with Crippen molar-refractivity contribution < 1.29 is 9.53 Å². The van der Waals surface area contributed by atoms with E-state index in [2.05, 4.69) is 15.4 Å². The quantitative estimate of drug-likeness (QED) is 0.516. The number of anilines is 1. The van der Waals surface area contributed by atoms with Gasteiger partial charge < -0.3 is 10.1 Å². The topological polar surface area (TPSA) is 69.0 Å². The van der Waals surface area contributed by atoms with Gasteiger partial charge in [-0.15, -0.1) is 5.10 Å². The maximum atomic E-state index is 12.9. The smallest absolute Gasteiger partial charge is 0.295 e. The average molecular weight is 405 g/mol. The Kier molecular flexibility index (Phi) is 5.27. The van der Waals surface area contributed by atoms with Gasteiger partial charge in [0.15, 0.2) is 5.82 Å². The number of nitrogens with zero attached hydrogens (tertiary/aromatic N) is 3. The van der Waals surface area contributed by atoms with Crippen LogP contribution in [-0.4, -0.2) is 27.8 Å². The standard InChI is InChI=1S/C22H17ClN4O2/c1-29-19-13-12-16(23)14-18(19)24-22(28)20-25-21(15-8-4-2-5-9-15)27(26-20)17-10-6-3-7-11-17/h2-14H,1H3,(H,24,28). The first-order chi connectivity index (χ1) is 14.2. The molecule has 0 saturated carbocycles. The number of aromatic nitrogens is 3. The number of benzene rings is 3. The van der Waals surface area contributed by atoms with E-state index in [9.17, 15) is 4.79 Å². The Labute approximate surface area is 172 Å². The SMILES string of the molecule is COc1ccc(Cl)cc1NC(=O)c1nc(-c2ccccc2)n(-c2ccccc2)n1. The minimum absolute atomic E-state index is 0.0368. The van der Waals surface area contributed by atoms with Gasteiger partial charge in [0.25, 0.3) is 5.91 Å². The molecule has 144 valence electrons. The Morgan fingerprint density at radius 3 is 2.38 bits per heavy atom. The first-order valence-electron chi connectivity index (χ1n) is 8.88. The second kappa shape index (κ2) is 8.16. The highest BCUT2D eigenvalue weighted by molar-refractivity contribution is 6.31. The van der Waals surface area contributed by atoms with Gasteiger partial charge in [0, 0.05) is 10.6 Å². The number of amides is 1. The summed E-state index contributed by atoms with van der Waals surface area (Å²) >= 11 is 6.05. The highest BCUT2D eigenvalue weighted by Crippen LogP contribution is 2.28. The van der Waals surface area contributed by atoms with Crippen molar-refractivity contribution >= 4 is 23.2 Å². The van der Waals surface area contributed by atoms with Crippen LogP contribution in [0.4, 0.5) is 5.69 Å². The molecule has 1 N–H and O–H groups in total. The van der Waals surface area contributed by atoms with Crippen molar-refractivity contribution in [3.63, 3.8) is 0 Å². The van der Waals surface area contributed by atoms with E-state index < -0.39 is 5.91 Å². The van der Waals surface area contributed by atoms with Gasteiger partial charge in [-0.05, 0) is 30.3 Å². The molecule has 6 nitrogen and oxygen atoms in total. The molecule has 0 unspecified atom stereocenters. The number of carbonyl (C=O) groups excluding carboxylic acids is 1. The van der Waals surface area contributed by atoms with Gasteiger partial charge in [0.2, 0.25) is 5.82 Å². The summed E-state index contributed by atoms with van der Waals surface area (Å²) in [7, 11) is 1.52. The van der Waals surface area contributed by atoms with Gasteiger partial charge in [-0.25, -0.2) is 9.67 Å². The molecule has 29 heavy (non-hydrogen) atoms. The molecule has 0 aliphatic rings. The van der Waals surface area contributed by atoms with Crippen LogP contribution in [0.3, 0.4) is 0 Å². The summed E-state index contributed by atoms with van der Waals surface area (Å²) in [5, 5.41) is 7.71. The van der Waals surface area contributed by atoms with Gasteiger partial charge in [-0.1, -0.05) is 60.1 Å². The molecule has 0 saturated heterocycles. The Balaban J connectivity index is 1.74. The minimum Gasteiger partial charge on any atom is -0.495 e. The molecule has 0 spiro atoms. The zero-order valence-corrected chi connectivity index (χ0v) is 16.3. The number of hydrogen-bond donors (Lipinski definition) is 1. The third-order valence-electron chi connectivity index (χ3n) is 4.25. The summed E-state index contributed by atoms with van der Waals surface area (Å²) in [5.41, 5.74) is 2.10. The molecule has 1 aromatic heterocycles. The van der Waals surface area contributed by atoms with Crippen molar-refractivity contribution in [1.82, 2.24) is 14.8 Å². The number of hydrogen-bond acceptors (Lipinski definition) is 4. The first kappa shape index (κ1) is 18.7. The molecule has 4 rings (SSSR count). The van der Waals surface area contributed by atoms with Crippen LogP contribution in [0.1, 0.15) is 10.6 Å². The van der Waals surface area contributed by atoms with Crippen LogP contribution in [0.2, 0.25) is 5.02 Å². The van der Waals surface area contributed by atoms with Crippen molar-refractivity contribution in [1.29, 1.82) is 0 Å². The van der Waals surface area contributed by atoms with Crippen molar-refractivity contribution in [2.45, 2.75) is 0 Å². The largest absolute Gasteiger partial charge is 0.495 e. The summed E-state index contributed by atoms with van der Waals surface area (Å²) in [4.78, 5) is 17.4. The van der Waals surface area contributed by atoms with Crippen LogP contribution in [0.25, 0.3) is 17.1 Å². The molecule has 0 radical (unpaired) electrons. The van der Waals surface area contributed by atoms with E-state index in [1.165, 1.54) is 7.11 Å². The van der Waals surface area contributed by atoms with Gasteiger partial charge in [0.05, 0.1) is 18.5 Å². The highest BCUT2D eigenvalue weighted by Gasteiger charge is 2.20. The van der Waals surface area contributed by atoms with E-state index >= 15 is 0 Å². The predicted octanol–water partition coefficient (Wildman–Crippen LogP) is 4.85. The van der Waals surface area contributed by atoms with Crippen molar-refractivity contribution in [3.05, 3.63) is 89.7 Å². The fraction of sp³-hybridized carbons (Fsp3) is 0.0455. The number of ether oxygens (including phenoxy) is 1. The number of methoxy groups -OCH3 is 1. The summed E-state index contributed by atoms with van der Waals surface area (Å²) in [6.07, 6.45) is 0. The minimum atomic E-state index is -0.461. The molecule has 7 heteroatoms. The first-order valence-corrected chi connectivity index (χ1v) is 9.26. The third kappa shape index (κ3) is 3.97. The molecule has 3 aromatic carbocycles.